The maximum Gasteiger partial charge on any atom is 0.246 e. The number of rotatable bonds is 3. The molecule has 0 radical (unpaired) electrons. The van der Waals surface area contributed by atoms with Gasteiger partial charge in [-0.25, -0.2) is 12.8 Å². The molecule has 0 bridgehead atoms. The molecule has 1 saturated heterocycles. The van der Waals surface area contributed by atoms with E-state index in [9.17, 15) is 17.6 Å². The van der Waals surface area contributed by atoms with Crippen molar-refractivity contribution in [2.45, 2.75) is 30.7 Å². The average Bonchev–Trinajstić information content (AvgIpc) is 2.41. The third-order valence-electron chi connectivity index (χ3n) is 3.37. The van der Waals surface area contributed by atoms with Gasteiger partial charge < -0.3 is 11.1 Å². The van der Waals surface area contributed by atoms with Crippen LogP contribution >= 0.6 is 11.6 Å². The normalized spacial score (nSPS) is 19.9. The number of nitrogens with two attached hydrogens (primary N) is 1. The van der Waals surface area contributed by atoms with Crippen LogP contribution in [0.1, 0.15) is 19.8 Å². The van der Waals surface area contributed by atoms with Gasteiger partial charge in [0.15, 0.2) is 0 Å². The lowest BCUT2D eigenvalue weighted by molar-refractivity contribution is -0.114. The van der Waals surface area contributed by atoms with E-state index in [1.807, 2.05) is 0 Å². The molecule has 0 aromatic heterocycles. The first-order valence-corrected chi connectivity index (χ1v) is 8.56. The molecule has 1 fully saturated rings. The molecule has 1 aromatic carbocycles. The highest BCUT2D eigenvalue weighted by molar-refractivity contribution is 7.89. The van der Waals surface area contributed by atoms with Crippen molar-refractivity contribution < 1.29 is 17.6 Å². The summed E-state index contributed by atoms with van der Waals surface area (Å²) >= 11 is 5.93. The molecule has 1 aliphatic heterocycles. The number of hydrogen-bond acceptors (Lipinski definition) is 4. The number of nitrogens with zero attached hydrogens (tertiary/aromatic N) is 1. The SMILES string of the molecule is CC(=O)Nc1cc(F)c(S(=O)(=O)N2CCCC(N)C2)cc1Cl. The Morgan fingerprint density at radius 2 is 2.18 bits per heavy atom. The standard InChI is InChI=1S/C13H17ClFN3O3S/c1-8(19)17-12-6-11(15)13(5-10(12)14)22(20,21)18-4-2-3-9(16)7-18/h5-6,9H,2-4,7,16H2,1H3,(H,17,19). The second-order valence-electron chi connectivity index (χ2n) is 5.21. The minimum atomic E-state index is -4.01. The molecule has 122 valence electrons. The van der Waals surface area contributed by atoms with Gasteiger partial charge in [0.05, 0.1) is 10.7 Å². The first-order chi connectivity index (χ1) is 10.2. The van der Waals surface area contributed by atoms with Crippen molar-refractivity contribution in [2.75, 3.05) is 18.4 Å². The fraction of sp³-hybridized carbons (Fsp3) is 0.462. The second kappa shape index (κ2) is 6.49. The third kappa shape index (κ3) is 3.57. The quantitative estimate of drug-likeness (QED) is 0.865. The Morgan fingerprint density at radius 1 is 1.50 bits per heavy atom. The molecular formula is C13H17ClFN3O3S. The zero-order valence-corrected chi connectivity index (χ0v) is 13.5. The molecule has 1 heterocycles. The van der Waals surface area contributed by atoms with Crippen LogP contribution in [-0.2, 0) is 14.8 Å². The summed E-state index contributed by atoms with van der Waals surface area (Å²) in [6.45, 7) is 1.68. The molecule has 2 rings (SSSR count). The highest BCUT2D eigenvalue weighted by Crippen LogP contribution is 2.30. The molecule has 0 saturated carbocycles. The second-order valence-corrected chi connectivity index (χ2v) is 7.52. The topological polar surface area (TPSA) is 92.5 Å². The molecule has 22 heavy (non-hydrogen) atoms. The Bertz CT molecular complexity index is 696. The maximum absolute atomic E-state index is 14.2. The van der Waals surface area contributed by atoms with E-state index in [-0.39, 0.29) is 23.3 Å². The maximum atomic E-state index is 14.2. The monoisotopic (exact) mass is 349 g/mol. The van der Waals surface area contributed by atoms with Gasteiger partial charge in [0, 0.05) is 32.1 Å². The van der Waals surface area contributed by atoms with Gasteiger partial charge in [0.2, 0.25) is 15.9 Å². The lowest BCUT2D eigenvalue weighted by Crippen LogP contribution is -2.45. The lowest BCUT2D eigenvalue weighted by Gasteiger charge is -2.30. The predicted octanol–water partition coefficient (Wildman–Crippen LogP) is 1.55. The Balaban J connectivity index is 2.39. The molecule has 6 nitrogen and oxygen atoms in total. The fourth-order valence-electron chi connectivity index (χ4n) is 2.34. The zero-order chi connectivity index (χ0) is 16.5. The fourth-order valence-corrected chi connectivity index (χ4v) is 4.23. The number of anilines is 1. The summed E-state index contributed by atoms with van der Waals surface area (Å²) in [7, 11) is -4.01. The lowest BCUT2D eigenvalue weighted by atomic mass is 10.1. The molecule has 9 heteroatoms. The van der Waals surface area contributed by atoms with Gasteiger partial charge in [-0.1, -0.05) is 11.6 Å². The highest BCUT2D eigenvalue weighted by atomic mass is 35.5. The van der Waals surface area contributed by atoms with Crippen LogP contribution in [0.15, 0.2) is 17.0 Å². The van der Waals surface area contributed by atoms with Crippen LogP contribution in [0.4, 0.5) is 10.1 Å². The minimum Gasteiger partial charge on any atom is -0.327 e. The van der Waals surface area contributed by atoms with E-state index >= 15 is 0 Å². The summed E-state index contributed by atoms with van der Waals surface area (Å²) in [6.07, 6.45) is 1.36. The van der Waals surface area contributed by atoms with Crippen LogP contribution < -0.4 is 11.1 Å². The van der Waals surface area contributed by atoms with E-state index in [0.717, 1.165) is 22.9 Å². The van der Waals surface area contributed by atoms with Gasteiger partial charge in [-0.15, -0.1) is 0 Å². The van der Waals surface area contributed by atoms with Gasteiger partial charge in [-0.05, 0) is 18.9 Å². The van der Waals surface area contributed by atoms with Crippen molar-refractivity contribution in [3.8, 4) is 0 Å². The van der Waals surface area contributed by atoms with Crippen molar-refractivity contribution in [3.05, 3.63) is 23.0 Å². The molecule has 1 aliphatic rings. The number of hydrogen-bond donors (Lipinski definition) is 2. The smallest absolute Gasteiger partial charge is 0.246 e. The van der Waals surface area contributed by atoms with E-state index in [4.69, 9.17) is 17.3 Å². The van der Waals surface area contributed by atoms with Crippen molar-refractivity contribution in [3.63, 3.8) is 0 Å². The van der Waals surface area contributed by atoms with E-state index in [1.54, 1.807) is 0 Å². The number of piperidine rings is 1. The van der Waals surface area contributed by atoms with Gasteiger partial charge in [-0.3, -0.25) is 4.79 Å². The van der Waals surface area contributed by atoms with Crippen molar-refractivity contribution in [1.82, 2.24) is 4.31 Å². The number of carbonyl (C=O) groups is 1. The number of amides is 1. The van der Waals surface area contributed by atoms with Gasteiger partial charge >= 0.3 is 0 Å². The molecule has 1 unspecified atom stereocenters. The van der Waals surface area contributed by atoms with Crippen molar-refractivity contribution >= 4 is 33.2 Å². The van der Waals surface area contributed by atoms with Crippen LogP contribution in [0.2, 0.25) is 5.02 Å². The number of halogens is 2. The van der Waals surface area contributed by atoms with Gasteiger partial charge in [0.1, 0.15) is 10.7 Å². The van der Waals surface area contributed by atoms with E-state index in [1.165, 1.54) is 6.92 Å². The summed E-state index contributed by atoms with van der Waals surface area (Å²) in [5, 5.41) is 2.29. The van der Waals surface area contributed by atoms with E-state index in [0.29, 0.717) is 13.0 Å². The summed E-state index contributed by atoms with van der Waals surface area (Å²) in [5.41, 5.74) is 5.80. The number of nitrogens with one attached hydrogen (secondary N) is 1. The predicted molar refractivity (Wildman–Crippen MR) is 81.7 cm³/mol. The van der Waals surface area contributed by atoms with Crippen LogP contribution in [-0.4, -0.2) is 37.8 Å². The van der Waals surface area contributed by atoms with Crippen LogP contribution in [0.25, 0.3) is 0 Å². The largest absolute Gasteiger partial charge is 0.327 e. The molecule has 1 aromatic rings. The first-order valence-electron chi connectivity index (χ1n) is 6.74. The first kappa shape index (κ1) is 17.1. The van der Waals surface area contributed by atoms with E-state index in [2.05, 4.69) is 5.32 Å². The summed E-state index contributed by atoms with van der Waals surface area (Å²) in [4.78, 5) is 10.5. The molecule has 1 atom stereocenters. The third-order valence-corrected chi connectivity index (χ3v) is 5.56. The minimum absolute atomic E-state index is 0.0287. The molecular weight excluding hydrogens is 333 g/mol. The van der Waals surface area contributed by atoms with E-state index < -0.39 is 26.6 Å². The summed E-state index contributed by atoms with van der Waals surface area (Å²) in [5.74, 6) is -1.40. The number of carbonyl (C=O) groups excluding carboxylic acids is 1. The Labute approximate surface area is 133 Å². The Morgan fingerprint density at radius 3 is 2.77 bits per heavy atom. The molecule has 0 aliphatic carbocycles. The van der Waals surface area contributed by atoms with Crippen LogP contribution in [0.3, 0.4) is 0 Å². The van der Waals surface area contributed by atoms with Crippen LogP contribution in [0, 0.1) is 5.82 Å². The highest BCUT2D eigenvalue weighted by Gasteiger charge is 2.31. The average molecular weight is 350 g/mol. The summed E-state index contributed by atoms with van der Waals surface area (Å²) in [6, 6.07) is 1.65. The Hall–Kier alpha value is -1.22. The van der Waals surface area contributed by atoms with Crippen molar-refractivity contribution in [2.24, 2.45) is 5.73 Å². The summed E-state index contributed by atoms with van der Waals surface area (Å²) < 4.78 is 40.4. The molecule has 3 N–H and O–H groups in total. The zero-order valence-electron chi connectivity index (χ0n) is 12.0. The van der Waals surface area contributed by atoms with Crippen molar-refractivity contribution in [1.29, 1.82) is 0 Å². The Kier molecular flexibility index (Phi) is 5.06. The number of sulfonamides is 1. The van der Waals surface area contributed by atoms with Crippen LogP contribution in [0.5, 0.6) is 0 Å². The molecule has 1 amide bonds. The van der Waals surface area contributed by atoms with Gasteiger partial charge in [-0.2, -0.15) is 4.31 Å². The number of benzene rings is 1. The van der Waals surface area contributed by atoms with Gasteiger partial charge in [0.25, 0.3) is 0 Å². The molecule has 0 spiro atoms.